The van der Waals surface area contributed by atoms with Crippen molar-refractivity contribution < 1.29 is 4.52 Å². The summed E-state index contributed by atoms with van der Waals surface area (Å²) in [6.45, 7) is 0. The third-order valence-corrected chi connectivity index (χ3v) is 3.09. The second kappa shape index (κ2) is 3.13. The standard InChI is InChI=1S/C10H10N2OS/c1-2-9(14-5-1)8-6-10(12-13-8)11-7-3-4-7/h1-2,5-7H,3-4H2,(H,11,12). The van der Waals surface area contributed by atoms with Crippen molar-refractivity contribution in [3.63, 3.8) is 0 Å². The maximum atomic E-state index is 5.24. The summed E-state index contributed by atoms with van der Waals surface area (Å²) in [5.41, 5.74) is 0. The van der Waals surface area contributed by atoms with E-state index < -0.39 is 0 Å². The van der Waals surface area contributed by atoms with Crippen molar-refractivity contribution in [3.05, 3.63) is 23.6 Å². The summed E-state index contributed by atoms with van der Waals surface area (Å²) in [6.07, 6.45) is 2.50. The Hall–Kier alpha value is -1.29. The Morgan fingerprint density at radius 3 is 3.14 bits per heavy atom. The van der Waals surface area contributed by atoms with Crippen LogP contribution in [-0.2, 0) is 0 Å². The molecular formula is C10H10N2OS. The summed E-state index contributed by atoms with van der Waals surface area (Å²) in [6, 6.07) is 6.63. The highest BCUT2D eigenvalue weighted by molar-refractivity contribution is 7.13. The molecule has 1 saturated carbocycles. The van der Waals surface area contributed by atoms with Crippen molar-refractivity contribution in [1.29, 1.82) is 0 Å². The minimum atomic E-state index is 0.622. The molecule has 1 N–H and O–H groups in total. The molecule has 0 saturated heterocycles. The van der Waals surface area contributed by atoms with Gasteiger partial charge in [-0.05, 0) is 24.3 Å². The number of nitrogens with zero attached hydrogens (tertiary/aromatic N) is 1. The zero-order valence-electron chi connectivity index (χ0n) is 7.56. The summed E-state index contributed by atoms with van der Waals surface area (Å²) in [4.78, 5) is 1.13. The van der Waals surface area contributed by atoms with E-state index in [0.29, 0.717) is 6.04 Å². The third kappa shape index (κ3) is 1.53. The fraction of sp³-hybridized carbons (Fsp3) is 0.300. The van der Waals surface area contributed by atoms with Gasteiger partial charge in [0.05, 0.1) is 4.88 Å². The van der Waals surface area contributed by atoms with Crippen LogP contribution in [0, 0.1) is 0 Å². The van der Waals surface area contributed by atoms with Gasteiger partial charge in [0.1, 0.15) is 0 Å². The quantitative estimate of drug-likeness (QED) is 0.839. The average molecular weight is 206 g/mol. The van der Waals surface area contributed by atoms with E-state index in [9.17, 15) is 0 Å². The van der Waals surface area contributed by atoms with Crippen LogP contribution in [0.25, 0.3) is 10.6 Å². The van der Waals surface area contributed by atoms with E-state index in [4.69, 9.17) is 4.52 Å². The Balaban J connectivity index is 1.82. The van der Waals surface area contributed by atoms with E-state index in [1.54, 1.807) is 11.3 Å². The molecule has 72 valence electrons. The van der Waals surface area contributed by atoms with Crippen LogP contribution in [0.3, 0.4) is 0 Å². The molecule has 1 aliphatic carbocycles. The van der Waals surface area contributed by atoms with Gasteiger partial charge in [0.2, 0.25) is 0 Å². The predicted octanol–water partition coefficient (Wildman–Crippen LogP) is 2.98. The number of rotatable bonds is 3. The molecule has 0 amide bonds. The molecule has 14 heavy (non-hydrogen) atoms. The second-order valence-corrected chi connectivity index (χ2v) is 4.42. The normalized spacial score (nSPS) is 15.7. The van der Waals surface area contributed by atoms with Gasteiger partial charge in [-0.2, -0.15) is 0 Å². The van der Waals surface area contributed by atoms with Gasteiger partial charge in [0.15, 0.2) is 11.6 Å². The average Bonchev–Trinajstić information content (AvgIpc) is 2.71. The third-order valence-electron chi connectivity index (χ3n) is 2.20. The first kappa shape index (κ1) is 8.05. The molecule has 0 unspecified atom stereocenters. The summed E-state index contributed by atoms with van der Waals surface area (Å²) >= 11 is 1.66. The van der Waals surface area contributed by atoms with Gasteiger partial charge in [-0.1, -0.05) is 11.2 Å². The van der Waals surface area contributed by atoms with Crippen molar-refractivity contribution in [2.45, 2.75) is 18.9 Å². The van der Waals surface area contributed by atoms with Gasteiger partial charge in [0.25, 0.3) is 0 Å². The Bertz CT molecular complexity index is 417. The minimum Gasteiger partial charge on any atom is -0.365 e. The lowest BCUT2D eigenvalue weighted by atomic mass is 10.3. The molecule has 0 bridgehead atoms. The van der Waals surface area contributed by atoms with Gasteiger partial charge >= 0.3 is 0 Å². The molecule has 1 fully saturated rings. The zero-order chi connectivity index (χ0) is 9.38. The number of anilines is 1. The summed E-state index contributed by atoms with van der Waals surface area (Å²) in [7, 11) is 0. The van der Waals surface area contributed by atoms with E-state index >= 15 is 0 Å². The van der Waals surface area contributed by atoms with E-state index in [-0.39, 0.29) is 0 Å². The first-order valence-corrected chi connectivity index (χ1v) is 5.57. The maximum Gasteiger partial charge on any atom is 0.179 e. The second-order valence-electron chi connectivity index (χ2n) is 3.47. The van der Waals surface area contributed by atoms with Crippen molar-refractivity contribution in [2.75, 3.05) is 5.32 Å². The van der Waals surface area contributed by atoms with Crippen LogP contribution in [0.5, 0.6) is 0 Å². The number of hydrogen-bond donors (Lipinski definition) is 1. The lowest BCUT2D eigenvalue weighted by molar-refractivity contribution is 0.435. The van der Waals surface area contributed by atoms with E-state index in [0.717, 1.165) is 16.5 Å². The monoisotopic (exact) mass is 206 g/mol. The fourth-order valence-corrected chi connectivity index (χ4v) is 1.99. The van der Waals surface area contributed by atoms with Gasteiger partial charge in [-0.25, -0.2) is 0 Å². The Kier molecular flexibility index (Phi) is 1.80. The molecule has 3 nitrogen and oxygen atoms in total. The van der Waals surface area contributed by atoms with Gasteiger partial charge in [-0.15, -0.1) is 11.3 Å². The molecule has 0 atom stereocenters. The van der Waals surface area contributed by atoms with Crippen LogP contribution in [-0.4, -0.2) is 11.2 Å². The largest absolute Gasteiger partial charge is 0.365 e. The van der Waals surface area contributed by atoms with Crippen molar-refractivity contribution in [3.8, 4) is 10.6 Å². The maximum absolute atomic E-state index is 5.24. The molecule has 0 aromatic carbocycles. The van der Waals surface area contributed by atoms with Gasteiger partial charge in [0, 0.05) is 12.1 Å². The summed E-state index contributed by atoms with van der Waals surface area (Å²) in [5.74, 6) is 1.71. The van der Waals surface area contributed by atoms with Crippen LogP contribution in [0.15, 0.2) is 28.1 Å². The topological polar surface area (TPSA) is 38.1 Å². The highest BCUT2D eigenvalue weighted by Crippen LogP contribution is 2.29. The lowest BCUT2D eigenvalue weighted by Gasteiger charge is -1.93. The van der Waals surface area contributed by atoms with Crippen LogP contribution < -0.4 is 5.32 Å². The van der Waals surface area contributed by atoms with E-state index in [1.165, 1.54) is 12.8 Å². The Labute approximate surface area is 85.7 Å². The molecule has 2 aromatic heterocycles. The van der Waals surface area contributed by atoms with Crippen LogP contribution in [0.4, 0.5) is 5.82 Å². The summed E-state index contributed by atoms with van der Waals surface area (Å²) in [5, 5.41) is 9.30. The van der Waals surface area contributed by atoms with Crippen molar-refractivity contribution in [2.24, 2.45) is 0 Å². The first-order chi connectivity index (χ1) is 6.92. The number of hydrogen-bond acceptors (Lipinski definition) is 4. The first-order valence-electron chi connectivity index (χ1n) is 4.69. The zero-order valence-corrected chi connectivity index (χ0v) is 8.38. The Morgan fingerprint density at radius 1 is 1.50 bits per heavy atom. The number of thiophene rings is 1. The van der Waals surface area contributed by atoms with Gasteiger partial charge < -0.3 is 9.84 Å². The van der Waals surface area contributed by atoms with Crippen molar-refractivity contribution >= 4 is 17.2 Å². The van der Waals surface area contributed by atoms with Crippen LogP contribution in [0.1, 0.15) is 12.8 Å². The minimum absolute atomic E-state index is 0.622. The number of aromatic nitrogens is 1. The highest BCUT2D eigenvalue weighted by atomic mass is 32.1. The molecule has 2 heterocycles. The molecule has 1 aliphatic rings. The molecule has 2 aromatic rings. The molecule has 4 heteroatoms. The molecule has 3 rings (SSSR count). The SMILES string of the molecule is c1csc(-c2cc(NC3CC3)no2)c1. The smallest absolute Gasteiger partial charge is 0.179 e. The van der Waals surface area contributed by atoms with Crippen molar-refractivity contribution in [1.82, 2.24) is 5.16 Å². The van der Waals surface area contributed by atoms with E-state index in [1.807, 2.05) is 23.6 Å². The summed E-state index contributed by atoms with van der Waals surface area (Å²) < 4.78 is 5.24. The Morgan fingerprint density at radius 2 is 2.43 bits per heavy atom. The van der Waals surface area contributed by atoms with E-state index in [2.05, 4.69) is 10.5 Å². The molecule has 0 radical (unpaired) electrons. The van der Waals surface area contributed by atoms with Gasteiger partial charge in [-0.3, -0.25) is 0 Å². The lowest BCUT2D eigenvalue weighted by Crippen LogP contribution is -1.99. The van der Waals surface area contributed by atoms with Crippen LogP contribution >= 0.6 is 11.3 Å². The number of nitrogens with one attached hydrogen (secondary N) is 1. The molecule has 0 spiro atoms. The predicted molar refractivity (Wildman–Crippen MR) is 56.5 cm³/mol. The molecule has 0 aliphatic heterocycles. The highest BCUT2D eigenvalue weighted by Gasteiger charge is 2.22. The molecular weight excluding hydrogens is 196 g/mol. The van der Waals surface area contributed by atoms with Crippen LogP contribution in [0.2, 0.25) is 0 Å². The fourth-order valence-electron chi connectivity index (χ4n) is 1.31.